The van der Waals surface area contributed by atoms with Gasteiger partial charge in [0.15, 0.2) is 0 Å². The third-order valence-corrected chi connectivity index (χ3v) is 2.48. The SMILES string of the molecule is CN(CCC(=O)O)C(=O)c1cc(F)cc(C(F)(F)F)c1. The zero-order valence-corrected chi connectivity index (χ0v) is 10.4. The standard InChI is InChI=1S/C12H11F4NO3/c1-17(3-2-10(18)19)11(20)7-4-8(12(14,15)16)6-9(13)5-7/h4-6H,2-3H2,1H3,(H,18,19). The highest BCUT2D eigenvalue weighted by molar-refractivity contribution is 5.94. The number of aliphatic carboxylic acids is 1. The number of benzene rings is 1. The number of amides is 1. The van der Waals surface area contributed by atoms with E-state index in [1.54, 1.807) is 0 Å². The van der Waals surface area contributed by atoms with E-state index in [1.165, 1.54) is 7.05 Å². The van der Waals surface area contributed by atoms with Gasteiger partial charge in [0.05, 0.1) is 12.0 Å². The first-order valence-electron chi connectivity index (χ1n) is 5.46. The van der Waals surface area contributed by atoms with Crippen molar-refractivity contribution in [2.45, 2.75) is 12.6 Å². The highest BCUT2D eigenvalue weighted by Crippen LogP contribution is 2.30. The second-order valence-electron chi connectivity index (χ2n) is 4.10. The van der Waals surface area contributed by atoms with Gasteiger partial charge in [0, 0.05) is 19.2 Å². The summed E-state index contributed by atoms with van der Waals surface area (Å²) < 4.78 is 50.6. The molecule has 20 heavy (non-hydrogen) atoms. The molecule has 0 saturated heterocycles. The Labute approximate surface area is 111 Å². The summed E-state index contributed by atoms with van der Waals surface area (Å²) in [5, 5.41) is 8.46. The molecule has 0 aliphatic heterocycles. The molecule has 0 atom stereocenters. The Bertz CT molecular complexity index is 528. The number of rotatable bonds is 4. The van der Waals surface area contributed by atoms with Gasteiger partial charge < -0.3 is 10.0 Å². The van der Waals surface area contributed by atoms with Gasteiger partial charge in [0.25, 0.3) is 5.91 Å². The molecule has 110 valence electrons. The molecule has 1 N–H and O–H groups in total. The summed E-state index contributed by atoms with van der Waals surface area (Å²) in [6.45, 7) is -0.188. The maximum Gasteiger partial charge on any atom is 0.416 e. The number of hydrogen-bond acceptors (Lipinski definition) is 2. The molecule has 0 saturated carbocycles. The van der Waals surface area contributed by atoms with E-state index in [0.29, 0.717) is 12.1 Å². The largest absolute Gasteiger partial charge is 0.481 e. The molecule has 0 unspecified atom stereocenters. The van der Waals surface area contributed by atoms with Crippen LogP contribution in [0.5, 0.6) is 0 Å². The molecule has 0 bridgehead atoms. The Morgan fingerprint density at radius 2 is 1.85 bits per heavy atom. The van der Waals surface area contributed by atoms with Gasteiger partial charge in [-0.25, -0.2) is 4.39 Å². The average Bonchev–Trinajstić information content (AvgIpc) is 2.33. The van der Waals surface area contributed by atoms with E-state index in [4.69, 9.17) is 5.11 Å². The van der Waals surface area contributed by atoms with Crippen LogP contribution in [0.3, 0.4) is 0 Å². The lowest BCUT2D eigenvalue weighted by Gasteiger charge is -2.17. The summed E-state index contributed by atoms with van der Waals surface area (Å²) in [5.41, 5.74) is -1.75. The smallest absolute Gasteiger partial charge is 0.416 e. The van der Waals surface area contributed by atoms with E-state index < -0.39 is 35.0 Å². The average molecular weight is 293 g/mol. The van der Waals surface area contributed by atoms with Crippen LogP contribution in [0.1, 0.15) is 22.3 Å². The van der Waals surface area contributed by atoms with Crippen molar-refractivity contribution in [3.8, 4) is 0 Å². The third kappa shape index (κ3) is 4.22. The maximum atomic E-state index is 13.1. The number of carboxylic acids is 1. The summed E-state index contributed by atoms with van der Waals surface area (Å²) in [6.07, 6.45) is -5.12. The van der Waals surface area contributed by atoms with Gasteiger partial charge in [-0.3, -0.25) is 9.59 Å². The second-order valence-corrected chi connectivity index (χ2v) is 4.10. The van der Waals surface area contributed by atoms with Crippen molar-refractivity contribution in [1.82, 2.24) is 4.90 Å². The molecule has 0 radical (unpaired) electrons. The molecule has 1 aromatic carbocycles. The minimum atomic E-state index is -4.77. The van der Waals surface area contributed by atoms with Crippen LogP contribution >= 0.6 is 0 Å². The normalized spacial score (nSPS) is 11.2. The molecular formula is C12H11F4NO3. The minimum Gasteiger partial charge on any atom is -0.481 e. The van der Waals surface area contributed by atoms with Gasteiger partial charge in [-0.05, 0) is 18.2 Å². The fourth-order valence-corrected chi connectivity index (χ4v) is 1.46. The Balaban J connectivity index is 2.98. The summed E-state index contributed by atoms with van der Waals surface area (Å²) in [6, 6.07) is 1.49. The minimum absolute atomic E-state index is 0.188. The Hall–Kier alpha value is -2.12. The zero-order valence-electron chi connectivity index (χ0n) is 10.4. The summed E-state index contributed by atoms with van der Waals surface area (Å²) in [5.74, 6) is -3.22. The lowest BCUT2D eigenvalue weighted by atomic mass is 10.1. The molecule has 0 fully saturated rings. The number of alkyl halides is 3. The number of carbonyl (C=O) groups excluding carboxylic acids is 1. The Morgan fingerprint density at radius 3 is 2.35 bits per heavy atom. The van der Waals surface area contributed by atoms with E-state index in [1.807, 2.05) is 0 Å². The molecule has 1 rings (SSSR count). The summed E-state index contributed by atoms with van der Waals surface area (Å²) >= 11 is 0. The fraction of sp³-hybridized carbons (Fsp3) is 0.333. The van der Waals surface area contributed by atoms with Crippen LogP contribution in [-0.4, -0.2) is 35.5 Å². The van der Waals surface area contributed by atoms with E-state index in [0.717, 1.165) is 4.90 Å². The Kier molecular flexibility index (Phi) is 4.69. The highest BCUT2D eigenvalue weighted by Gasteiger charge is 2.32. The number of halogens is 4. The molecule has 0 aliphatic carbocycles. The predicted molar refractivity (Wildman–Crippen MR) is 60.6 cm³/mol. The predicted octanol–water partition coefficient (Wildman–Crippen LogP) is 2.39. The number of carboxylic acid groups (broad SMARTS) is 1. The lowest BCUT2D eigenvalue weighted by molar-refractivity contribution is -0.138. The molecule has 0 heterocycles. The molecule has 0 aliphatic rings. The molecule has 1 amide bonds. The molecule has 0 spiro atoms. The van der Waals surface area contributed by atoms with Crippen LogP contribution in [0, 0.1) is 5.82 Å². The van der Waals surface area contributed by atoms with Crippen LogP contribution in [-0.2, 0) is 11.0 Å². The highest BCUT2D eigenvalue weighted by atomic mass is 19.4. The lowest BCUT2D eigenvalue weighted by Crippen LogP contribution is -2.29. The number of nitrogens with zero attached hydrogens (tertiary/aromatic N) is 1. The van der Waals surface area contributed by atoms with Crippen LogP contribution in [0.4, 0.5) is 17.6 Å². The van der Waals surface area contributed by atoms with Crippen molar-refractivity contribution in [2.24, 2.45) is 0 Å². The van der Waals surface area contributed by atoms with Crippen LogP contribution in [0.15, 0.2) is 18.2 Å². The number of carbonyl (C=O) groups is 2. The van der Waals surface area contributed by atoms with Gasteiger partial charge in [-0.1, -0.05) is 0 Å². The van der Waals surface area contributed by atoms with Crippen molar-refractivity contribution in [2.75, 3.05) is 13.6 Å². The van der Waals surface area contributed by atoms with Crippen molar-refractivity contribution in [1.29, 1.82) is 0 Å². The Morgan fingerprint density at radius 1 is 1.25 bits per heavy atom. The van der Waals surface area contributed by atoms with Gasteiger partial charge in [-0.15, -0.1) is 0 Å². The summed E-state index contributed by atoms with van der Waals surface area (Å²) in [7, 11) is 1.23. The van der Waals surface area contributed by atoms with Crippen molar-refractivity contribution in [3.63, 3.8) is 0 Å². The first-order valence-corrected chi connectivity index (χ1v) is 5.46. The molecule has 0 aromatic heterocycles. The molecule has 8 heteroatoms. The van der Waals surface area contributed by atoms with Crippen LogP contribution in [0.25, 0.3) is 0 Å². The van der Waals surface area contributed by atoms with Crippen molar-refractivity contribution < 1.29 is 32.3 Å². The molecule has 4 nitrogen and oxygen atoms in total. The monoisotopic (exact) mass is 293 g/mol. The van der Waals surface area contributed by atoms with Crippen LogP contribution < -0.4 is 0 Å². The van der Waals surface area contributed by atoms with Gasteiger partial charge >= 0.3 is 12.1 Å². The van der Waals surface area contributed by atoms with E-state index >= 15 is 0 Å². The quantitative estimate of drug-likeness (QED) is 0.867. The van der Waals surface area contributed by atoms with Crippen LogP contribution in [0.2, 0.25) is 0 Å². The summed E-state index contributed by atoms with van der Waals surface area (Å²) in [4.78, 5) is 23.1. The topological polar surface area (TPSA) is 57.6 Å². The zero-order chi connectivity index (χ0) is 15.5. The number of hydrogen-bond donors (Lipinski definition) is 1. The van der Waals surface area contributed by atoms with Gasteiger partial charge in [0.1, 0.15) is 5.82 Å². The van der Waals surface area contributed by atoms with E-state index in [-0.39, 0.29) is 19.0 Å². The van der Waals surface area contributed by atoms with E-state index in [2.05, 4.69) is 0 Å². The first kappa shape index (κ1) is 15.9. The second kappa shape index (κ2) is 5.89. The van der Waals surface area contributed by atoms with Gasteiger partial charge in [0.2, 0.25) is 0 Å². The van der Waals surface area contributed by atoms with Crippen molar-refractivity contribution >= 4 is 11.9 Å². The third-order valence-electron chi connectivity index (χ3n) is 2.48. The molecule has 1 aromatic rings. The molecular weight excluding hydrogens is 282 g/mol. The fourth-order valence-electron chi connectivity index (χ4n) is 1.46. The van der Waals surface area contributed by atoms with E-state index in [9.17, 15) is 27.2 Å². The maximum absolute atomic E-state index is 13.1. The van der Waals surface area contributed by atoms with Gasteiger partial charge in [-0.2, -0.15) is 13.2 Å². The van der Waals surface area contributed by atoms with Crippen molar-refractivity contribution in [3.05, 3.63) is 35.1 Å². The first-order chi connectivity index (χ1) is 9.11.